The van der Waals surface area contributed by atoms with Gasteiger partial charge in [-0.3, -0.25) is 4.79 Å². The molecule has 0 atom stereocenters. The zero-order valence-corrected chi connectivity index (χ0v) is 8.93. The lowest BCUT2D eigenvalue weighted by molar-refractivity contribution is -0.117. The van der Waals surface area contributed by atoms with Gasteiger partial charge < -0.3 is 15.6 Å². The molecule has 0 aromatic heterocycles. The second-order valence-corrected chi connectivity index (χ2v) is 3.21. The molecule has 1 aromatic carbocycles. The highest BCUT2D eigenvalue weighted by molar-refractivity contribution is 5.76. The average Bonchev–Trinajstić information content (AvgIpc) is 2.27. The van der Waals surface area contributed by atoms with E-state index >= 15 is 0 Å². The standard InChI is InChI=1S/C12H15NO3/c13-12(15)3-1-2-10-4-6-11(7-5-10)16-9-8-14/h1-2,4-7,14H,3,8-9H2,(H2,13,15). The molecule has 0 fully saturated rings. The first-order chi connectivity index (χ1) is 7.72. The highest BCUT2D eigenvalue weighted by Gasteiger charge is 1.93. The Morgan fingerprint density at radius 1 is 1.38 bits per heavy atom. The Kier molecular flexibility index (Phi) is 5.08. The zero-order chi connectivity index (χ0) is 11.8. The maximum Gasteiger partial charge on any atom is 0.221 e. The largest absolute Gasteiger partial charge is 0.491 e. The van der Waals surface area contributed by atoms with E-state index in [0.29, 0.717) is 5.75 Å². The van der Waals surface area contributed by atoms with E-state index < -0.39 is 0 Å². The topological polar surface area (TPSA) is 72.6 Å². The smallest absolute Gasteiger partial charge is 0.221 e. The minimum atomic E-state index is -0.348. The van der Waals surface area contributed by atoms with Crippen LogP contribution in [0.25, 0.3) is 6.08 Å². The number of aliphatic hydroxyl groups is 1. The Morgan fingerprint density at radius 3 is 2.62 bits per heavy atom. The van der Waals surface area contributed by atoms with E-state index in [-0.39, 0.29) is 25.5 Å². The van der Waals surface area contributed by atoms with E-state index in [9.17, 15) is 4.79 Å². The molecular formula is C12H15NO3. The molecule has 0 unspecified atom stereocenters. The summed E-state index contributed by atoms with van der Waals surface area (Å²) in [6, 6.07) is 7.34. The van der Waals surface area contributed by atoms with Crippen LogP contribution in [0.2, 0.25) is 0 Å². The first kappa shape index (κ1) is 12.3. The molecule has 1 amide bonds. The van der Waals surface area contributed by atoms with Crippen molar-refractivity contribution < 1.29 is 14.6 Å². The number of carbonyl (C=O) groups excluding carboxylic acids is 1. The number of carbonyl (C=O) groups is 1. The molecule has 0 bridgehead atoms. The van der Waals surface area contributed by atoms with Crippen LogP contribution in [0, 0.1) is 0 Å². The van der Waals surface area contributed by atoms with Crippen LogP contribution in [0.5, 0.6) is 5.75 Å². The summed E-state index contributed by atoms with van der Waals surface area (Å²) >= 11 is 0. The molecule has 0 aliphatic heterocycles. The van der Waals surface area contributed by atoms with Crippen molar-refractivity contribution in [3.8, 4) is 5.75 Å². The number of benzene rings is 1. The molecule has 0 spiro atoms. The fourth-order valence-electron chi connectivity index (χ4n) is 1.15. The molecule has 1 rings (SSSR count). The van der Waals surface area contributed by atoms with Gasteiger partial charge in [-0.05, 0) is 17.7 Å². The lowest BCUT2D eigenvalue weighted by Crippen LogP contribution is -2.07. The van der Waals surface area contributed by atoms with Gasteiger partial charge in [0.15, 0.2) is 0 Å². The normalized spacial score (nSPS) is 10.6. The summed E-state index contributed by atoms with van der Waals surface area (Å²) in [7, 11) is 0. The van der Waals surface area contributed by atoms with Gasteiger partial charge in [0.05, 0.1) is 6.61 Å². The van der Waals surface area contributed by atoms with Crippen molar-refractivity contribution >= 4 is 12.0 Å². The molecule has 0 saturated heterocycles. The number of rotatable bonds is 6. The molecule has 4 nitrogen and oxygen atoms in total. The molecule has 0 aliphatic rings. The van der Waals surface area contributed by atoms with Crippen LogP contribution >= 0.6 is 0 Å². The minimum Gasteiger partial charge on any atom is -0.491 e. The number of amides is 1. The van der Waals surface area contributed by atoms with Gasteiger partial charge in [-0.2, -0.15) is 0 Å². The average molecular weight is 221 g/mol. The Morgan fingerprint density at radius 2 is 2.06 bits per heavy atom. The Hall–Kier alpha value is -1.81. The quantitative estimate of drug-likeness (QED) is 0.751. The molecule has 86 valence electrons. The van der Waals surface area contributed by atoms with E-state index in [1.165, 1.54) is 0 Å². The van der Waals surface area contributed by atoms with Gasteiger partial charge in [-0.15, -0.1) is 0 Å². The lowest BCUT2D eigenvalue weighted by Gasteiger charge is -2.03. The van der Waals surface area contributed by atoms with Gasteiger partial charge >= 0.3 is 0 Å². The van der Waals surface area contributed by atoms with Crippen LogP contribution < -0.4 is 10.5 Å². The van der Waals surface area contributed by atoms with Gasteiger partial charge in [0, 0.05) is 6.42 Å². The monoisotopic (exact) mass is 221 g/mol. The molecule has 0 aliphatic carbocycles. The van der Waals surface area contributed by atoms with Gasteiger partial charge in [-0.25, -0.2) is 0 Å². The van der Waals surface area contributed by atoms with Gasteiger partial charge in [0.25, 0.3) is 0 Å². The van der Waals surface area contributed by atoms with E-state index in [1.54, 1.807) is 18.2 Å². The molecular weight excluding hydrogens is 206 g/mol. The summed E-state index contributed by atoms with van der Waals surface area (Å²) in [5.41, 5.74) is 5.97. The van der Waals surface area contributed by atoms with Crippen molar-refractivity contribution in [2.45, 2.75) is 6.42 Å². The first-order valence-electron chi connectivity index (χ1n) is 5.01. The third-order valence-electron chi connectivity index (χ3n) is 1.87. The number of primary amides is 1. The van der Waals surface area contributed by atoms with Gasteiger partial charge in [0.2, 0.25) is 5.91 Å². The molecule has 0 heterocycles. The molecule has 16 heavy (non-hydrogen) atoms. The number of hydrogen-bond acceptors (Lipinski definition) is 3. The summed E-state index contributed by atoms with van der Waals surface area (Å²) in [5, 5.41) is 8.57. The fraction of sp³-hybridized carbons (Fsp3) is 0.250. The molecule has 1 aromatic rings. The SMILES string of the molecule is NC(=O)CC=Cc1ccc(OCCO)cc1. The summed E-state index contributed by atoms with van der Waals surface area (Å²) < 4.78 is 5.20. The molecule has 0 radical (unpaired) electrons. The number of aliphatic hydroxyl groups excluding tert-OH is 1. The highest BCUT2D eigenvalue weighted by atomic mass is 16.5. The predicted octanol–water partition coefficient (Wildman–Crippen LogP) is 0.946. The Bertz CT molecular complexity index is 357. The number of ether oxygens (including phenoxy) is 1. The Balaban J connectivity index is 2.50. The second-order valence-electron chi connectivity index (χ2n) is 3.21. The Labute approximate surface area is 94.3 Å². The third kappa shape index (κ3) is 4.61. The van der Waals surface area contributed by atoms with Crippen molar-refractivity contribution in [1.82, 2.24) is 0 Å². The molecule has 4 heteroatoms. The minimum absolute atomic E-state index is 0.000264. The van der Waals surface area contributed by atoms with Crippen LogP contribution in [-0.4, -0.2) is 24.2 Å². The third-order valence-corrected chi connectivity index (χ3v) is 1.87. The first-order valence-corrected chi connectivity index (χ1v) is 5.01. The van der Waals surface area contributed by atoms with E-state index in [4.69, 9.17) is 15.6 Å². The van der Waals surface area contributed by atoms with Crippen molar-refractivity contribution in [2.75, 3.05) is 13.2 Å². The van der Waals surface area contributed by atoms with Gasteiger partial charge in [0.1, 0.15) is 12.4 Å². The van der Waals surface area contributed by atoms with Gasteiger partial charge in [-0.1, -0.05) is 24.3 Å². The van der Waals surface area contributed by atoms with E-state index in [1.807, 2.05) is 18.2 Å². The fourth-order valence-corrected chi connectivity index (χ4v) is 1.15. The van der Waals surface area contributed by atoms with E-state index in [2.05, 4.69) is 0 Å². The number of hydrogen-bond donors (Lipinski definition) is 2. The number of nitrogens with two attached hydrogens (primary N) is 1. The second kappa shape index (κ2) is 6.63. The van der Waals surface area contributed by atoms with Crippen molar-refractivity contribution in [3.05, 3.63) is 35.9 Å². The van der Waals surface area contributed by atoms with Crippen LogP contribution in [0.3, 0.4) is 0 Å². The maximum absolute atomic E-state index is 10.5. The van der Waals surface area contributed by atoms with Crippen LogP contribution in [0.1, 0.15) is 12.0 Å². The summed E-state index contributed by atoms with van der Waals surface area (Å²) in [5.74, 6) is 0.361. The van der Waals surface area contributed by atoms with E-state index in [0.717, 1.165) is 5.56 Å². The maximum atomic E-state index is 10.5. The van der Waals surface area contributed by atoms with Crippen LogP contribution in [-0.2, 0) is 4.79 Å². The predicted molar refractivity (Wildman–Crippen MR) is 61.9 cm³/mol. The van der Waals surface area contributed by atoms with Crippen LogP contribution in [0.4, 0.5) is 0 Å². The molecule has 0 saturated carbocycles. The van der Waals surface area contributed by atoms with Crippen molar-refractivity contribution in [1.29, 1.82) is 0 Å². The highest BCUT2D eigenvalue weighted by Crippen LogP contribution is 2.13. The lowest BCUT2D eigenvalue weighted by atomic mass is 10.2. The van der Waals surface area contributed by atoms with Crippen molar-refractivity contribution in [3.63, 3.8) is 0 Å². The summed E-state index contributed by atoms with van der Waals surface area (Å²) in [6.45, 7) is 0.289. The molecule has 3 N–H and O–H groups in total. The van der Waals surface area contributed by atoms with Crippen molar-refractivity contribution in [2.24, 2.45) is 5.73 Å². The summed E-state index contributed by atoms with van der Waals surface area (Å²) in [4.78, 5) is 10.5. The summed E-state index contributed by atoms with van der Waals surface area (Å²) in [6.07, 6.45) is 3.77. The van der Waals surface area contributed by atoms with Crippen LogP contribution in [0.15, 0.2) is 30.3 Å². The zero-order valence-electron chi connectivity index (χ0n) is 8.93.